The minimum absolute atomic E-state index is 0.00144. The molecule has 0 aliphatic heterocycles. The number of likely N-dealkylation sites (N-methyl/N-ethyl adjacent to an activating group) is 1. The molecule has 1 saturated carbocycles. The number of hydrogen-bond acceptors (Lipinski definition) is 4. The van der Waals surface area contributed by atoms with Gasteiger partial charge in [-0.1, -0.05) is 6.92 Å². The molecular weight excluding hydrogens is 216 g/mol. The number of nitrogens with zero attached hydrogens (tertiary/aromatic N) is 1. The molecule has 0 aromatic rings. The van der Waals surface area contributed by atoms with Crippen molar-refractivity contribution in [1.29, 1.82) is 0 Å². The zero-order valence-corrected chi connectivity index (χ0v) is 11.7. The molecule has 1 rings (SSSR count). The summed E-state index contributed by atoms with van der Waals surface area (Å²) >= 11 is 0. The van der Waals surface area contributed by atoms with Gasteiger partial charge in [-0.25, -0.2) is 0 Å². The number of methoxy groups -OCH3 is 2. The van der Waals surface area contributed by atoms with Gasteiger partial charge in [-0.2, -0.15) is 0 Å². The molecule has 2 atom stereocenters. The predicted octanol–water partition coefficient (Wildman–Crippen LogP) is 1.10. The summed E-state index contributed by atoms with van der Waals surface area (Å²) in [5.74, 6) is 0.687. The standard InChI is InChI=1S/C13H28N2O2/c1-5-15(11(2)8-16-3)13(9-14,10-17-4)12-6-7-12/h11-12H,5-10,14H2,1-4H3. The van der Waals surface area contributed by atoms with Crippen LogP contribution in [0.15, 0.2) is 0 Å². The van der Waals surface area contributed by atoms with E-state index in [2.05, 4.69) is 18.7 Å². The number of hydrogen-bond donors (Lipinski definition) is 1. The van der Waals surface area contributed by atoms with Gasteiger partial charge in [-0.05, 0) is 32.2 Å². The lowest BCUT2D eigenvalue weighted by Gasteiger charge is -2.46. The molecule has 0 bridgehead atoms. The van der Waals surface area contributed by atoms with E-state index in [1.807, 2.05) is 0 Å². The maximum atomic E-state index is 6.08. The zero-order chi connectivity index (χ0) is 12.9. The van der Waals surface area contributed by atoms with Gasteiger partial charge in [0.05, 0.1) is 18.8 Å². The Morgan fingerprint density at radius 3 is 2.35 bits per heavy atom. The molecule has 1 aliphatic carbocycles. The first kappa shape index (κ1) is 14.9. The molecule has 102 valence electrons. The van der Waals surface area contributed by atoms with Crippen LogP contribution < -0.4 is 5.73 Å². The third-order valence-electron chi connectivity index (χ3n) is 3.94. The van der Waals surface area contributed by atoms with Crippen molar-refractivity contribution < 1.29 is 9.47 Å². The van der Waals surface area contributed by atoms with Crippen molar-refractivity contribution in [2.24, 2.45) is 11.7 Å². The Hall–Kier alpha value is -0.160. The Morgan fingerprint density at radius 1 is 1.35 bits per heavy atom. The van der Waals surface area contributed by atoms with Crippen molar-refractivity contribution in [3.05, 3.63) is 0 Å². The molecule has 1 fully saturated rings. The van der Waals surface area contributed by atoms with Crippen LogP contribution in [0.25, 0.3) is 0 Å². The Kier molecular flexibility index (Phi) is 5.86. The van der Waals surface area contributed by atoms with Crippen molar-refractivity contribution in [1.82, 2.24) is 4.90 Å². The van der Waals surface area contributed by atoms with E-state index in [1.54, 1.807) is 14.2 Å². The fourth-order valence-electron chi connectivity index (χ4n) is 3.05. The van der Waals surface area contributed by atoms with Crippen LogP contribution in [0.5, 0.6) is 0 Å². The minimum Gasteiger partial charge on any atom is -0.383 e. The summed E-state index contributed by atoms with van der Waals surface area (Å²) < 4.78 is 10.7. The summed E-state index contributed by atoms with van der Waals surface area (Å²) in [5, 5.41) is 0. The van der Waals surface area contributed by atoms with Gasteiger partial charge in [0, 0.05) is 26.8 Å². The van der Waals surface area contributed by atoms with Crippen LogP contribution in [0.1, 0.15) is 26.7 Å². The second-order valence-corrected chi connectivity index (χ2v) is 5.11. The lowest BCUT2D eigenvalue weighted by Crippen LogP contribution is -2.62. The van der Waals surface area contributed by atoms with Crippen molar-refractivity contribution in [2.75, 3.05) is 40.5 Å². The van der Waals surface area contributed by atoms with Gasteiger partial charge in [-0.15, -0.1) is 0 Å². The maximum absolute atomic E-state index is 6.08. The molecule has 0 heterocycles. The van der Waals surface area contributed by atoms with Crippen molar-refractivity contribution in [3.8, 4) is 0 Å². The third-order valence-corrected chi connectivity index (χ3v) is 3.94. The van der Waals surface area contributed by atoms with Crippen LogP contribution in [0.2, 0.25) is 0 Å². The molecule has 0 spiro atoms. The normalized spacial score (nSPS) is 21.5. The first-order chi connectivity index (χ1) is 8.16. The molecule has 1 aliphatic rings. The van der Waals surface area contributed by atoms with Crippen LogP contribution in [-0.4, -0.2) is 57.0 Å². The van der Waals surface area contributed by atoms with E-state index >= 15 is 0 Å². The molecule has 2 N–H and O–H groups in total. The first-order valence-electron chi connectivity index (χ1n) is 6.61. The highest BCUT2D eigenvalue weighted by molar-refractivity contribution is 5.04. The number of rotatable bonds is 9. The second kappa shape index (κ2) is 6.69. The molecule has 4 heteroatoms. The highest BCUT2D eigenvalue weighted by Gasteiger charge is 2.49. The lowest BCUT2D eigenvalue weighted by molar-refractivity contribution is -0.0369. The van der Waals surface area contributed by atoms with Crippen LogP contribution in [-0.2, 0) is 9.47 Å². The average Bonchev–Trinajstić information content (AvgIpc) is 3.13. The van der Waals surface area contributed by atoms with E-state index in [0.717, 1.165) is 19.8 Å². The fraction of sp³-hybridized carbons (Fsp3) is 1.00. The maximum Gasteiger partial charge on any atom is 0.0661 e. The van der Waals surface area contributed by atoms with Gasteiger partial charge in [-0.3, -0.25) is 4.90 Å². The van der Waals surface area contributed by atoms with Gasteiger partial charge >= 0.3 is 0 Å². The summed E-state index contributed by atoms with van der Waals surface area (Å²) in [6.07, 6.45) is 2.55. The molecule has 0 saturated heterocycles. The monoisotopic (exact) mass is 244 g/mol. The smallest absolute Gasteiger partial charge is 0.0661 e. The summed E-state index contributed by atoms with van der Waals surface area (Å²) in [6, 6.07) is 0.379. The topological polar surface area (TPSA) is 47.7 Å². The zero-order valence-electron chi connectivity index (χ0n) is 11.7. The van der Waals surface area contributed by atoms with E-state index in [4.69, 9.17) is 15.2 Å². The molecule has 17 heavy (non-hydrogen) atoms. The van der Waals surface area contributed by atoms with Crippen LogP contribution >= 0.6 is 0 Å². The highest BCUT2D eigenvalue weighted by Crippen LogP contribution is 2.43. The minimum atomic E-state index is 0.00144. The van der Waals surface area contributed by atoms with E-state index in [9.17, 15) is 0 Å². The Labute approximate surface area is 105 Å². The molecule has 0 aromatic heterocycles. The lowest BCUT2D eigenvalue weighted by atomic mass is 9.90. The third kappa shape index (κ3) is 3.19. The SMILES string of the molecule is CCN(C(C)COC)C(CN)(COC)C1CC1. The van der Waals surface area contributed by atoms with Gasteiger partial charge in [0.1, 0.15) is 0 Å². The van der Waals surface area contributed by atoms with Gasteiger partial charge in [0.25, 0.3) is 0 Å². The molecule has 0 amide bonds. The van der Waals surface area contributed by atoms with Gasteiger partial charge in [0.2, 0.25) is 0 Å². The number of nitrogens with two attached hydrogens (primary N) is 1. The largest absolute Gasteiger partial charge is 0.383 e. The second-order valence-electron chi connectivity index (χ2n) is 5.11. The van der Waals surface area contributed by atoms with E-state index in [0.29, 0.717) is 18.5 Å². The quantitative estimate of drug-likeness (QED) is 0.660. The highest BCUT2D eigenvalue weighted by atomic mass is 16.5. The van der Waals surface area contributed by atoms with E-state index in [1.165, 1.54) is 12.8 Å². The first-order valence-corrected chi connectivity index (χ1v) is 6.61. The average molecular weight is 244 g/mol. The molecule has 2 unspecified atom stereocenters. The number of ether oxygens (including phenoxy) is 2. The summed E-state index contributed by atoms with van der Waals surface area (Å²) in [5.41, 5.74) is 6.08. The summed E-state index contributed by atoms with van der Waals surface area (Å²) in [6.45, 7) is 7.50. The van der Waals surface area contributed by atoms with Gasteiger partial charge < -0.3 is 15.2 Å². The Bertz CT molecular complexity index is 221. The predicted molar refractivity (Wildman–Crippen MR) is 70.1 cm³/mol. The van der Waals surface area contributed by atoms with Crippen LogP contribution in [0.3, 0.4) is 0 Å². The van der Waals surface area contributed by atoms with E-state index < -0.39 is 0 Å². The molecular formula is C13H28N2O2. The van der Waals surface area contributed by atoms with E-state index in [-0.39, 0.29) is 5.54 Å². The van der Waals surface area contributed by atoms with Crippen molar-refractivity contribution in [3.63, 3.8) is 0 Å². The van der Waals surface area contributed by atoms with Crippen molar-refractivity contribution in [2.45, 2.75) is 38.3 Å². The Morgan fingerprint density at radius 2 is 2.00 bits per heavy atom. The molecule has 0 aromatic carbocycles. The van der Waals surface area contributed by atoms with Crippen LogP contribution in [0.4, 0.5) is 0 Å². The Balaban J connectivity index is 2.83. The fourth-order valence-corrected chi connectivity index (χ4v) is 3.05. The molecule has 4 nitrogen and oxygen atoms in total. The van der Waals surface area contributed by atoms with Gasteiger partial charge in [0.15, 0.2) is 0 Å². The summed E-state index contributed by atoms with van der Waals surface area (Å²) in [4.78, 5) is 2.47. The van der Waals surface area contributed by atoms with Crippen molar-refractivity contribution >= 4 is 0 Å². The van der Waals surface area contributed by atoms with Crippen LogP contribution in [0, 0.1) is 5.92 Å². The molecule has 0 radical (unpaired) electrons. The summed E-state index contributed by atoms with van der Waals surface area (Å²) in [7, 11) is 3.52.